The number of rotatable bonds is 62. The van der Waals surface area contributed by atoms with Gasteiger partial charge >= 0.3 is 0 Å². The predicted octanol–water partition coefficient (Wildman–Crippen LogP) is 8.60. The van der Waals surface area contributed by atoms with Gasteiger partial charge in [0.05, 0.1) is 25.7 Å². The SMILES string of the molecule is CCCCCN.CCCCCN.CCCCCNC(=O)CCNC(=O)Cc1ccc(NC(=O)COCC(=O)NCCCC)cc1.CCCCCNC(=O)CCNC(=O)Cc1ccc(NC(=O)COCC(=O)NCCCC)cc1.CCCCCNC(=O)COCC(=O)Nc1ccc(CC(=O)N2CCC2=O)cc1.CCCCCNC(=O)COCC(=O)Nc1ccc(CC(=O)N2CCC2=O)cc1. The molecule has 36 heteroatoms. The van der Waals surface area contributed by atoms with E-state index in [0.29, 0.717) is 101 Å². The maximum atomic E-state index is 12.1. The number of hydrogen-bond acceptors (Lipinski definition) is 22. The first kappa shape index (κ1) is 121. The molecule has 134 heavy (non-hydrogen) atoms. The molecule has 0 spiro atoms. The molecule has 2 aliphatic rings. The summed E-state index contributed by atoms with van der Waals surface area (Å²) in [6.45, 7) is 22.3. The van der Waals surface area contributed by atoms with Crippen LogP contribution < -0.4 is 75.3 Å². The van der Waals surface area contributed by atoms with Crippen molar-refractivity contribution in [1.82, 2.24) is 52.3 Å². The number of carbonyl (C=O) groups is 16. The van der Waals surface area contributed by atoms with E-state index in [-0.39, 0.29) is 186 Å². The Morgan fingerprint density at radius 1 is 0.254 bits per heavy atom. The Balaban J connectivity index is 0.000000857. The molecule has 0 aliphatic carbocycles. The molecule has 0 unspecified atom stereocenters. The van der Waals surface area contributed by atoms with Crippen LogP contribution in [0.3, 0.4) is 0 Å². The summed E-state index contributed by atoms with van der Waals surface area (Å²) in [5, 5.41) is 32.7. The number of hydrogen-bond donors (Lipinski definition) is 14. The van der Waals surface area contributed by atoms with Crippen molar-refractivity contribution in [3.8, 4) is 0 Å². The van der Waals surface area contributed by atoms with Crippen molar-refractivity contribution in [3.63, 3.8) is 0 Å². The van der Waals surface area contributed by atoms with Crippen LogP contribution in [0.1, 0.15) is 245 Å². The fourth-order valence-corrected chi connectivity index (χ4v) is 11.8. The van der Waals surface area contributed by atoms with Gasteiger partial charge in [0.2, 0.25) is 94.5 Å². The van der Waals surface area contributed by atoms with E-state index in [0.717, 1.165) is 138 Å². The molecule has 4 aromatic rings. The van der Waals surface area contributed by atoms with Gasteiger partial charge in [0.15, 0.2) is 0 Å². The number of benzene rings is 4. The van der Waals surface area contributed by atoms with Crippen LogP contribution in [0.2, 0.25) is 0 Å². The van der Waals surface area contributed by atoms with Crippen molar-refractivity contribution < 1.29 is 95.7 Å². The van der Waals surface area contributed by atoms with E-state index < -0.39 is 0 Å². The van der Waals surface area contributed by atoms with Gasteiger partial charge in [-0.1, -0.05) is 194 Å². The fourth-order valence-electron chi connectivity index (χ4n) is 11.8. The number of nitrogens with one attached hydrogen (secondary N) is 12. The van der Waals surface area contributed by atoms with E-state index in [4.69, 9.17) is 30.4 Å². The lowest BCUT2D eigenvalue weighted by atomic mass is 10.1. The summed E-state index contributed by atoms with van der Waals surface area (Å²) in [5.41, 5.74) is 15.8. The van der Waals surface area contributed by atoms with Gasteiger partial charge in [-0.25, -0.2) is 0 Å². The highest BCUT2D eigenvalue weighted by molar-refractivity contribution is 6.01. The molecule has 0 aromatic heterocycles. The number of β-lactam (4-membered cyclic amide) rings is 2. The van der Waals surface area contributed by atoms with Gasteiger partial charge < -0.3 is 94.2 Å². The van der Waals surface area contributed by atoms with Crippen LogP contribution in [-0.4, -0.2) is 236 Å². The normalized spacial score (nSPS) is 11.4. The number of amides is 16. The number of unbranched alkanes of at least 4 members (excludes halogenated alkanes) is 14. The topological polar surface area (TPSA) is 513 Å². The number of imide groups is 2. The molecule has 36 nitrogen and oxygen atoms in total. The second kappa shape index (κ2) is 80.1. The van der Waals surface area contributed by atoms with Crippen LogP contribution in [0.5, 0.6) is 0 Å². The van der Waals surface area contributed by atoms with Gasteiger partial charge in [0.1, 0.15) is 52.9 Å². The lowest BCUT2D eigenvalue weighted by molar-refractivity contribution is -0.153. The summed E-state index contributed by atoms with van der Waals surface area (Å²) in [6, 6.07) is 27.4. The Morgan fingerprint density at radius 3 is 0.672 bits per heavy atom. The van der Waals surface area contributed by atoms with Gasteiger partial charge in [-0.2, -0.15) is 0 Å². The van der Waals surface area contributed by atoms with E-state index >= 15 is 0 Å². The first-order valence-corrected chi connectivity index (χ1v) is 47.8. The van der Waals surface area contributed by atoms with E-state index in [1.165, 1.54) is 48.3 Å². The smallest absolute Gasteiger partial charge is 0.250 e. The van der Waals surface area contributed by atoms with E-state index in [2.05, 4.69) is 105 Å². The van der Waals surface area contributed by atoms with Crippen LogP contribution in [0.4, 0.5) is 22.7 Å². The first-order valence-electron chi connectivity index (χ1n) is 47.8. The number of likely N-dealkylation sites (tertiary alicyclic amines) is 2. The highest BCUT2D eigenvalue weighted by Crippen LogP contribution is 2.18. The molecule has 0 bridgehead atoms. The highest BCUT2D eigenvalue weighted by Gasteiger charge is 2.31. The number of nitrogens with two attached hydrogens (primary N) is 2. The maximum absolute atomic E-state index is 12.1. The third kappa shape index (κ3) is 65.2. The van der Waals surface area contributed by atoms with Gasteiger partial charge in [0.25, 0.3) is 0 Å². The molecule has 2 fully saturated rings. The average molecular weight is 1880 g/mol. The molecule has 2 aliphatic heterocycles. The van der Waals surface area contributed by atoms with Crippen LogP contribution >= 0.6 is 0 Å². The minimum absolute atomic E-state index is 0.0624. The van der Waals surface area contributed by atoms with Gasteiger partial charge in [-0.3, -0.25) is 86.5 Å². The molecule has 2 heterocycles. The largest absolute Gasteiger partial charge is 0.362 e. The van der Waals surface area contributed by atoms with Gasteiger partial charge in [-0.15, -0.1) is 0 Å². The molecule has 748 valence electrons. The highest BCUT2D eigenvalue weighted by atomic mass is 16.5. The molecule has 2 saturated heterocycles. The zero-order valence-electron chi connectivity index (χ0n) is 80.8. The second-order valence-electron chi connectivity index (χ2n) is 31.9. The predicted molar refractivity (Wildman–Crippen MR) is 519 cm³/mol. The lowest BCUT2D eigenvalue weighted by Crippen LogP contribution is -2.48. The van der Waals surface area contributed by atoms with Crippen molar-refractivity contribution in [2.45, 2.75) is 248 Å². The summed E-state index contributed by atoms with van der Waals surface area (Å²) in [5.74, 6) is -3.59. The monoisotopic (exact) mass is 1880 g/mol. The minimum Gasteiger partial charge on any atom is -0.362 e. The Hall–Kier alpha value is -11.4. The Bertz CT molecular complexity index is 3760. The molecular formula is C98H156N16O20. The van der Waals surface area contributed by atoms with Gasteiger partial charge in [-0.05, 0) is 135 Å². The van der Waals surface area contributed by atoms with E-state index in [1.54, 1.807) is 97.1 Å². The number of nitrogens with zero attached hydrogens (tertiary/aromatic N) is 2. The van der Waals surface area contributed by atoms with E-state index in [9.17, 15) is 76.7 Å². The maximum Gasteiger partial charge on any atom is 0.250 e. The number of carbonyl (C=O) groups excluding carboxylic acids is 16. The van der Waals surface area contributed by atoms with Crippen molar-refractivity contribution in [2.75, 3.05) is 153 Å². The number of ether oxygens (including phenoxy) is 4. The van der Waals surface area contributed by atoms with E-state index in [1.807, 2.05) is 13.8 Å². The van der Waals surface area contributed by atoms with Gasteiger partial charge in [0, 0.05) is 114 Å². The molecule has 4 aromatic carbocycles. The quantitative estimate of drug-likeness (QED) is 0.0145. The molecule has 0 radical (unpaired) electrons. The van der Waals surface area contributed by atoms with Crippen LogP contribution in [0.15, 0.2) is 97.1 Å². The molecule has 0 atom stereocenters. The molecular weight excluding hydrogens is 1720 g/mol. The average Bonchev–Trinajstić information content (AvgIpc) is 0.839. The second-order valence-corrected chi connectivity index (χ2v) is 31.9. The van der Waals surface area contributed by atoms with Crippen molar-refractivity contribution in [1.29, 1.82) is 0 Å². The standard InChI is InChI=1S/2C24H38N4O5.2C20H27N3O5.2C5H13N/c2*1-3-5-7-14-25-21(29)12-15-27-22(30)16-19-8-10-20(11-9-19)28-24(32)18-33-17-23(31)26-13-6-4-2;2*1-2-3-4-10-21-17(24)13-28-14-18(25)22-16-7-5-15(6-8-16)12-20(27)23-11-9-19(23)26;2*1-2-3-4-5-6/h2*8-11H,3-7,12-18H2,1-2H3,(H,25,29)(H,26,31)(H,27,30)(H,28,32);2*5-8H,2-4,9-14H2,1H3,(H,21,24)(H,22,25);2*2-6H2,1H3. The van der Waals surface area contributed by atoms with Crippen LogP contribution in [-0.2, 0) is 121 Å². The van der Waals surface area contributed by atoms with Crippen molar-refractivity contribution in [2.24, 2.45) is 11.5 Å². The Kier molecular flexibility index (Phi) is 72.0. The Labute approximate surface area is 792 Å². The zero-order chi connectivity index (χ0) is 99.0. The Morgan fingerprint density at radius 2 is 0.463 bits per heavy atom. The molecule has 0 saturated carbocycles. The molecule has 16 N–H and O–H groups in total. The minimum atomic E-state index is -0.367. The molecule has 16 amide bonds. The fraction of sp³-hybridized carbons (Fsp3) is 0.592. The number of anilines is 4. The third-order valence-electron chi connectivity index (χ3n) is 19.6. The summed E-state index contributed by atoms with van der Waals surface area (Å²) in [6.07, 6.45) is 25.8. The van der Waals surface area contributed by atoms with Crippen LogP contribution in [0, 0.1) is 0 Å². The van der Waals surface area contributed by atoms with Crippen LogP contribution in [0.25, 0.3) is 0 Å². The summed E-state index contributed by atoms with van der Waals surface area (Å²) in [4.78, 5) is 190. The lowest BCUT2D eigenvalue weighted by Gasteiger charge is -2.28. The molecule has 6 rings (SSSR count). The third-order valence-corrected chi connectivity index (χ3v) is 19.6. The zero-order valence-corrected chi connectivity index (χ0v) is 80.8. The summed E-state index contributed by atoms with van der Waals surface area (Å²) < 4.78 is 20.5. The summed E-state index contributed by atoms with van der Waals surface area (Å²) >= 11 is 0. The van der Waals surface area contributed by atoms with Crippen molar-refractivity contribution in [3.05, 3.63) is 119 Å². The first-order chi connectivity index (χ1) is 64.7. The summed E-state index contributed by atoms with van der Waals surface area (Å²) in [7, 11) is 0. The van der Waals surface area contributed by atoms with Crippen molar-refractivity contribution >= 4 is 117 Å².